The van der Waals surface area contributed by atoms with E-state index >= 15 is 0 Å². The highest BCUT2D eigenvalue weighted by atomic mass is 32.1. The Morgan fingerprint density at radius 3 is 2.56 bits per heavy atom. The number of hydrogen-bond donors (Lipinski definition) is 2. The number of nitrogens with two attached hydrogens (primary N) is 1. The van der Waals surface area contributed by atoms with Gasteiger partial charge < -0.3 is 11.1 Å². The molecule has 3 N–H and O–H groups in total. The van der Waals surface area contributed by atoms with Crippen LogP contribution >= 0.6 is 12.2 Å². The van der Waals surface area contributed by atoms with E-state index in [-0.39, 0.29) is 5.54 Å². The summed E-state index contributed by atoms with van der Waals surface area (Å²) in [6.45, 7) is 4.41. The lowest BCUT2D eigenvalue weighted by atomic mass is 9.83. The first-order chi connectivity index (χ1) is 8.52. The molecule has 0 saturated heterocycles. The van der Waals surface area contributed by atoms with Gasteiger partial charge in [-0.2, -0.15) is 0 Å². The zero-order valence-corrected chi connectivity index (χ0v) is 12.1. The number of rotatable bonds is 3. The van der Waals surface area contributed by atoms with Crippen molar-refractivity contribution in [1.82, 2.24) is 0 Å². The van der Waals surface area contributed by atoms with Gasteiger partial charge in [0.15, 0.2) is 0 Å². The summed E-state index contributed by atoms with van der Waals surface area (Å²) in [6.07, 6.45) is 6.40. The zero-order chi connectivity index (χ0) is 13.2. The first-order valence-electron chi connectivity index (χ1n) is 6.69. The number of anilines is 1. The third kappa shape index (κ3) is 2.83. The van der Waals surface area contributed by atoms with Crippen LogP contribution in [0, 0.1) is 6.92 Å². The average Bonchev–Trinajstić information content (AvgIpc) is 2.32. The Hall–Kier alpha value is -1.09. The summed E-state index contributed by atoms with van der Waals surface area (Å²) in [5.41, 5.74) is 9.31. The number of hydrogen-bond acceptors (Lipinski definition) is 2. The fraction of sp³-hybridized carbons (Fsp3) is 0.533. The number of para-hydroxylation sites is 1. The van der Waals surface area contributed by atoms with Crippen LogP contribution in [0.2, 0.25) is 0 Å². The van der Waals surface area contributed by atoms with Crippen molar-refractivity contribution in [3.8, 4) is 0 Å². The van der Waals surface area contributed by atoms with Gasteiger partial charge >= 0.3 is 0 Å². The van der Waals surface area contributed by atoms with E-state index in [0.29, 0.717) is 4.99 Å². The van der Waals surface area contributed by atoms with Crippen LogP contribution < -0.4 is 11.1 Å². The van der Waals surface area contributed by atoms with Crippen LogP contribution in [0.3, 0.4) is 0 Å². The van der Waals surface area contributed by atoms with Crippen molar-refractivity contribution in [3.05, 3.63) is 29.3 Å². The topological polar surface area (TPSA) is 38.0 Å². The molecule has 18 heavy (non-hydrogen) atoms. The predicted molar refractivity (Wildman–Crippen MR) is 82.2 cm³/mol. The van der Waals surface area contributed by atoms with Crippen molar-refractivity contribution in [3.63, 3.8) is 0 Å². The fourth-order valence-electron chi connectivity index (χ4n) is 2.80. The Morgan fingerprint density at radius 2 is 1.94 bits per heavy atom. The minimum atomic E-state index is 0.184. The third-order valence-electron chi connectivity index (χ3n) is 3.92. The van der Waals surface area contributed by atoms with Crippen molar-refractivity contribution in [1.29, 1.82) is 0 Å². The lowest BCUT2D eigenvalue weighted by Gasteiger charge is -2.36. The monoisotopic (exact) mass is 262 g/mol. The van der Waals surface area contributed by atoms with Crippen LogP contribution in [-0.2, 0) is 0 Å². The van der Waals surface area contributed by atoms with Crippen molar-refractivity contribution in [2.24, 2.45) is 5.73 Å². The van der Waals surface area contributed by atoms with E-state index < -0.39 is 0 Å². The van der Waals surface area contributed by atoms with Gasteiger partial charge in [-0.15, -0.1) is 0 Å². The predicted octanol–water partition coefficient (Wildman–Crippen LogP) is 3.76. The van der Waals surface area contributed by atoms with E-state index in [9.17, 15) is 0 Å². The van der Waals surface area contributed by atoms with Crippen molar-refractivity contribution < 1.29 is 0 Å². The van der Waals surface area contributed by atoms with Gasteiger partial charge in [0.1, 0.15) is 4.99 Å². The maximum Gasteiger partial charge on any atom is 0.106 e. The van der Waals surface area contributed by atoms with Gasteiger partial charge in [0.25, 0.3) is 0 Å². The summed E-state index contributed by atoms with van der Waals surface area (Å²) in [5, 5.41) is 3.71. The molecule has 0 heterocycles. The normalized spacial score (nSPS) is 18.3. The molecule has 1 aliphatic rings. The summed E-state index contributed by atoms with van der Waals surface area (Å²) in [5.74, 6) is 0. The Bertz CT molecular complexity index is 448. The highest BCUT2D eigenvalue weighted by Gasteiger charge is 2.27. The zero-order valence-electron chi connectivity index (χ0n) is 11.3. The highest BCUT2D eigenvalue weighted by Crippen LogP contribution is 2.33. The molecule has 1 saturated carbocycles. The van der Waals surface area contributed by atoms with Gasteiger partial charge in [-0.25, -0.2) is 0 Å². The molecule has 2 nitrogen and oxygen atoms in total. The molecule has 1 aromatic carbocycles. The van der Waals surface area contributed by atoms with Gasteiger partial charge in [-0.05, 0) is 38.3 Å². The smallest absolute Gasteiger partial charge is 0.106 e. The van der Waals surface area contributed by atoms with Crippen molar-refractivity contribution in [2.75, 3.05) is 5.32 Å². The molecule has 0 aromatic heterocycles. The van der Waals surface area contributed by atoms with Crippen LogP contribution in [0.15, 0.2) is 18.2 Å². The molecule has 0 unspecified atom stereocenters. The molecule has 0 spiro atoms. The molecule has 0 radical (unpaired) electrons. The summed E-state index contributed by atoms with van der Waals surface area (Å²) in [4.78, 5) is 0.473. The molecule has 0 bridgehead atoms. The molecule has 2 rings (SSSR count). The third-order valence-corrected chi connectivity index (χ3v) is 4.14. The summed E-state index contributed by atoms with van der Waals surface area (Å²) in [6, 6.07) is 6.12. The van der Waals surface area contributed by atoms with Crippen LogP contribution in [0.4, 0.5) is 5.69 Å². The van der Waals surface area contributed by atoms with Crippen molar-refractivity contribution >= 4 is 22.9 Å². The molecule has 1 aliphatic carbocycles. The van der Waals surface area contributed by atoms with Crippen LogP contribution in [0.25, 0.3) is 0 Å². The summed E-state index contributed by atoms with van der Waals surface area (Å²) in [7, 11) is 0. The second-order valence-electron chi connectivity index (χ2n) is 5.61. The van der Waals surface area contributed by atoms with Crippen LogP contribution in [0.5, 0.6) is 0 Å². The molecular formula is C15H22N2S. The van der Waals surface area contributed by atoms with Crippen LogP contribution in [0.1, 0.15) is 50.2 Å². The fourth-order valence-corrected chi connectivity index (χ4v) is 2.97. The highest BCUT2D eigenvalue weighted by molar-refractivity contribution is 7.80. The number of benzene rings is 1. The molecule has 3 heteroatoms. The second-order valence-corrected chi connectivity index (χ2v) is 6.05. The minimum absolute atomic E-state index is 0.184. The second kappa shape index (κ2) is 5.27. The quantitative estimate of drug-likeness (QED) is 0.814. The number of aryl methyl sites for hydroxylation is 1. The largest absolute Gasteiger partial charge is 0.389 e. The molecule has 0 amide bonds. The summed E-state index contributed by atoms with van der Waals surface area (Å²) >= 11 is 5.15. The van der Waals surface area contributed by atoms with Crippen LogP contribution in [-0.4, -0.2) is 10.5 Å². The molecule has 0 atom stereocenters. The van der Waals surface area contributed by atoms with E-state index in [4.69, 9.17) is 18.0 Å². The average molecular weight is 262 g/mol. The molecule has 1 fully saturated rings. The van der Waals surface area contributed by atoms with Gasteiger partial charge in [-0.3, -0.25) is 0 Å². The first kappa shape index (κ1) is 13.3. The standard InChI is InChI=1S/C15H22N2S/c1-11-7-6-8-12(14(16)18)13(11)17-15(2)9-4-3-5-10-15/h6-8,17H,3-5,9-10H2,1-2H3,(H2,16,18). The van der Waals surface area contributed by atoms with Gasteiger partial charge in [0.2, 0.25) is 0 Å². The van der Waals surface area contributed by atoms with E-state index in [0.717, 1.165) is 11.3 Å². The Labute approximate surface area is 115 Å². The van der Waals surface area contributed by atoms with Gasteiger partial charge in [0.05, 0.1) is 0 Å². The molecule has 98 valence electrons. The van der Waals surface area contributed by atoms with E-state index in [2.05, 4.69) is 25.2 Å². The minimum Gasteiger partial charge on any atom is -0.389 e. The Kier molecular flexibility index (Phi) is 3.91. The SMILES string of the molecule is Cc1cccc(C(N)=S)c1NC1(C)CCCCC1. The Morgan fingerprint density at radius 1 is 1.28 bits per heavy atom. The van der Waals surface area contributed by atoms with E-state index in [1.807, 2.05) is 12.1 Å². The maximum absolute atomic E-state index is 5.82. The number of nitrogens with one attached hydrogen (secondary N) is 1. The molecule has 1 aromatic rings. The Balaban J connectivity index is 2.30. The van der Waals surface area contributed by atoms with Crippen molar-refractivity contribution in [2.45, 2.75) is 51.5 Å². The lowest BCUT2D eigenvalue weighted by Crippen LogP contribution is -2.37. The lowest BCUT2D eigenvalue weighted by molar-refractivity contribution is 0.349. The molecular weight excluding hydrogens is 240 g/mol. The maximum atomic E-state index is 5.82. The first-order valence-corrected chi connectivity index (χ1v) is 7.10. The molecule has 0 aliphatic heterocycles. The number of thiocarbonyl (C=S) groups is 1. The van der Waals surface area contributed by atoms with Gasteiger partial charge in [-0.1, -0.05) is 43.6 Å². The summed E-state index contributed by atoms with van der Waals surface area (Å²) < 4.78 is 0. The van der Waals surface area contributed by atoms with E-state index in [1.165, 1.54) is 37.7 Å². The van der Waals surface area contributed by atoms with Gasteiger partial charge in [0, 0.05) is 16.8 Å². The van der Waals surface area contributed by atoms with E-state index in [1.54, 1.807) is 0 Å².